The van der Waals surface area contributed by atoms with Crippen LogP contribution in [0.5, 0.6) is 0 Å². The van der Waals surface area contributed by atoms with E-state index in [2.05, 4.69) is 62.4 Å². The van der Waals surface area contributed by atoms with Gasteiger partial charge in [-0.2, -0.15) is 0 Å². The number of ketones is 1. The summed E-state index contributed by atoms with van der Waals surface area (Å²) in [5.74, 6) is 8.37. The number of benzene rings is 4. The van der Waals surface area contributed by atoms with Gasteiger partial charge in [0.25, 0.3) is 0 Å². The number of fused-ring (bicyclic) bond motifs is 6. The molecule has 0 radical (unpaired) electrons. The molecule has 0 spiro atoms. The number of nitrogens with zero attached hydrogens (tertiary/aromatic N) is 2. The van der Waals surface area contributed by atoms with Crippen molar-refractivity contribution in [2.45, 2.75) is 93.2 Å². The number of carbonyl (C=O) groups is 6. The number of nitrogens with one attached hydrogen (secondary N) is 5. The maximum absolute atomic E-state index is 14.4. The van der Waals surface area contributed by atoms with Crippen molar-refractivity contribution >= 4 is 60.1 Å². The van der Waals surface area contributed by atoms with E-state index in [-0.39, 0.29) is 68.2 Å². The van der Waals surface area contributed by atoms with Crippen LogP contribution in [0.3, 0.4) is 0 Å². The summed E-state index contributed by atoms with van der Waals surface area (Å²) in [5, 5.41) is 33.8. The Morgan fingerprint density at radius 3 is 1.39 bits per heavy atom. The van der Waals surface area contributed by atoms with E-state index in [9.17, 15) is 39.0 Å². The molecule has 7 N–H and O–H groups in total. The van der Waals surface area contributed by atoms with E-state index in [4.69, 9.17) is 0 Å². The quantitative estimate of drug-likeness (QED) is 0.0768. The van der Waals surface area contributed by atoms with Gasteiger partial charge in [-0.1, -0.05) is 109 Å². The average molecular weight is 1020 g/mol. The largest absolute Gasteiger partial charge is 0.394 e. The Labute approximate surface area is 432 Å². The van der Waals surface area contributed by atoms with Gasteiger partial charge in [-0.05, 0) is 96.1 Å². The summed E-state index contributed by atoms with van der Waals surface area (Å²) in [4.78, 5) is 86.5. The molecule has 17 heteroatoms. The third kappa shape index (κ3) is 11.5. The second kappa shape index (κ2) is 25.2. The summed E-state index contributed by atoms with van der Waals surface area (Å²) < 4.78 is 0. The van der Waals surface area contributed by atoms with Crippen LogP contribution >= 0.6 is 24.8 Å². The Morgan fingerprint density at radius 1 is 0.569 bits per heavy atom. The van der Waals surface area contributed by atoms with Crippen molar-refractivity contribution in [1.29, 1.82) is 0 Å². The van der Waals surface area contributed by atoms with E-state index in [0.29, 0.717) is 32.2 Å². The Balaban J connectivity index is 0.00000423. The summed E-state index contributed by atoms with van der Waals surface area (Å²) in [5.41, 5.74) is 8.33. The molecule has 378 valence electrons. The lowest BCUT2D eigenvalue weighted by atomic mass is 9.89. The first-order valence-electron chi connectivity index (χ1n) is 24.0. The molecule has 4 aliphatic rings. The van der Waals surface area contributed by atoms with Crippen molar-refractivity contribution in [3.63, 3.8) is 0 Å². The summed E-state index contributed by atoms with van der Waals surface area (Å²) >= 11 is 0. The molecule has 0 unspecified atom stereocenters. The molecule has 2 fully saturated rings. The van der Waals surface area contributed by atoms with E-state index >= 15 is 0 Å². The molecular formula is C55H61Cl2N7O8. The van der Waals surface area contributed by atoms with Gasteiger partial charge in [-0.25, -0.2) is 0 Å². The highest BCUT2D eigenvalue weighted by Gasteiger charge is 2.42. The van der Waals surface area contributed by atoms with Gasteiger partial charge < -0.3 is 46.6 Å². The lowest BCUT2D eigenvalue weighted by molar-refractivity contribution is -0.141. The molecule has 0 bridgehead atoms. The van der Waals surface area contributed by atoms with E-state index in [0.717, 1.165) is 44.5 Å². The van der Waals surface area contributed by atoms with Crippen LogP contribution in [0.1, 0.15) is 79.2 Å². The average Bonchev–Trinajstić information content (AvgIpc) is 4.20. The normalized spacial score (nSPS) is 17.8. The second-order valence-electron chi connectivity index (χ2n) is 18.1. The van der Waals surface area contributed by atoms with Gasteiger partial charge in [0.05, 0.1) is 25.3 Å². The van der Waals surface area contributed by atoms with Gasteiger partial charge in [0, 0.05) is 38.3 Å². The van der Waals surface area contributed by atoms with E-state index in [1.165, 1.54) is 23.9 Å². The van der Waals surface area contributed by atoms with Crippen LogP contribution < -0.4 is 26.6 Å². The molecule has 2 saturated heterocycles. The van der Waals surface area contributed by atoms with Gasteiger partial charge in [0.1, 0.15) is 30.2 Å². The summed E-state index contributed by atoms with van der Waals surface area (Å²) in [7, 11) is 3.02. The van der Waals surface area contributed by atoms with E-state index in [1.54, 1.807) is 0 Å². The fourth-order valence-corrected chi connectivity index (χ4v) is 10.4. The maximum Gasteiger partial charge on any atom is 0.246 e. The minimum Gasteiger partial charge on any atom is -0.394 e. The smallest absolute Gasteiger partial charge is 0.246 e. The molecule has 5 amide bonds. The Morgan fingerprint density at radius 2 is 0.958 bits per heavy atom. The van der Waals surface area contributed by atoms with Crippen LogP contribution in [0.15, 0.2) is 97.1 Å². The topological polar surface area (TPSA) is 210 Å². The zero-order chi connectivity index (χ0) is 49.3. The Bertz CT molecular complexity index is 2500. The molecule has 2 aliphatic carbocycles. The number of hydrogen-bond acceptors (Lipinski definition) is 10. The first-order valence-corrected chi connectivity index (χ1v) is 24.0. The lowest BCUT2D eigenvalue weighted by Crippen LogP contribution is -2.56. The SMILES string of the molecule is CN[C@@H](CO)C(=O)N[C@@H](CC#CC#CC[C@H](NC(=O)[C@H](CO)NC)C(=O)N1CCC[C@H]1C(=O)NC1c2ccccc2-c2ccccc21)C(=O)N1CCC[C@H]1C(=O)CC1c2ccccc2-c2ccccc21.Cl.Cl. The number of hydrogen-bond donors (Lipinski definition) is 7. The van der Waals surface area contributed by atoms with E-state index in [1.807, 2.05) is 84.9 Å². The zero-order valence-electron chi connectivity index (χ0n) is 40.2. The predicted molar refractivity (Wildman–Crippen MR) is 278 cm³/mol. The summed E-state index contributed by atoms with van der Waals surface area (Å²) in [6.45, 7) is -0.456. The fourth-order valence-electron chi connectivity index (χ4n) is 10.4. The third-order valence-corrected chi connectivity index (χ3v) is 14.0. The number of Topliss-reactive ketones (excluding diaryl/α,β-unsaturated/α-hetero) is 1. The molecule has 72 heavy (non-hydrogen) atoms. The van der Waals surface area contributed by atoms with Crippen molar-refractivity contribution in [2.75, 3.05) is 40.4 Å². The molecule has 4 aromatic carbocycles. The highest BCUT2D eigenvalue weighted by molar-refractivity contribution is 5.96. The first-order chi connectivity index (χ1) is 34.1. The van der Waals surface area contributed by atoms with Crippen molar-refractivity contribution < 1.29 is 39.0 Å². The molecule has 0 aromatic heterocycles. The lowest BCUT2D eigenvalue weighted by Gasteiger charge is -2.29. The van der Waals surface area contributed by atoms with Gasteiger partial charge in [0.2, 0.25) is 29.5 Å². The minimum absolute atomic E-state index is 0. The number of aliphatic hydroxyl groups excluding tert-OH is 2. The van der Waals surface area contributed by atoms with Crippen LogP contribution in [0.2, 0.25) is 0 Å². The molecule has 2 aliphatic heterocycles. The van der Waals surface area contributed by atoms with Crippen LogP contribution in [-0.4, -0.2) is 132 Å². The highest BCUT2D eigenvalue weighted by atomic mass is 35.5. The maximum atomic E-state index is 14.4. The number of carbonyl (C=O) groups excluding carboxylic acids is 6. The summed E-state index contributed by atoms with van der Waals surface area (Å²) in [6, 6.07) is 25.6. The predicted octanol–water partition coefficient (Wildman–Crippen LogP) is 3.39. The van der Waals surface area contributed by atoms with Crippen LogP contribution in [-0.2, 0) is 28.8 Å². The number of aliphatic hydroxyl groups is 2. The first kappa shape index (κ1) is 54.8. The molecule has 2 heterocycles. The summed E-state index contributed by atoms with van der Waals surface area (Å²) in [6.07, 6.45) is 1.89. The van der Waals surface area contributed by atoms with Gasteiger partial charge in [-0.3, -0.25) is 28.8 Å². The van der Waals surface area contributed by atoms with E-state index < -0.39 is 79.1 Å². The number of amides is 5. The molecule has 8 rings (SSSR count). The van der Waals surface area contributed by atoms with Gasteiger partial charge in [0.15, 0.2) is 5.78 Å². The van der Waals surface area contributed by atoms with Crippen LogP contribution in [0.4, 0.5) is 0 Å². The minimum atomic E-state index is -1.20. The van der Waals surface area contributed by atoms with Crippen molar-refractivity contribution in [2.24, 2.45) is 0 Å². The Kier molecular flexibility index (Phi) is 19.2. The monoisotopic (exact) mass is 1020 g/mol. The van der Waals surface area contributed by atoms with Gasteiger partial charge >= 0.3 is 0 Å². The van der Waals surface area contributed by atoms with Crippen molar-refractivity contribution in [3.8, 4) is 45.9 Å². The standard InChI is InChI=1S/C55H59N7O8.2ClH/c1-56-45(32-63)51(66)58-43(54(69)61-29-15-27-47(61)49(65)31-42-38-21-9-7-17-34(38)35-18-8-10-22-39(35)42)25-5-3-4-6-26-44(59-52(67)46(33-64)57-2)55(70)62-30-16-28-48(62)53(68)60-50-40-23-13-11-19-36(40)37-20-12-14-24-41(37)50;;/h7-14,17-24,42-48,50,56-57,63-64H,15-16,25-33H2,1-2H3,(H,58,66)(H,59,67)(H,60,68);2*1H/t43-,44-,45-,46-,47-,48-;;/m0../s1. The molecule has 0 saturated carbocycles. The molecule has 4 aromatic rings. The Hall–Kier alpha value is -6.56. The highest BCUT2D eigenvalue weighted by Crippen LogP contribution is 2.47. The van der Waals surface area contributed by atoms with Crippen molar-refractivity contribution in [1.82, 2.24) is 36.4 Å². The van der Waals surface area contributed by atoms with Crippen LogP contribution in [0, 0.1) is 23.7 Å². The fraction of sp³-hybridized carbons (Fsp3) is 0.382. The molecule has 15 nitrogen and oxygen atoms in total. The zero-order valence-corrected chi connectivity index (χ0v) is 41.8. The van der Waals surface area contributed by atoms with Crippen molar-refractivity contribution in [3.05, 3.63) is 119 Å². The molecule has 6 atom stereocenters. The van der Waals surface area contributed by atoms with Crippen LogP contribution in [0.25, 0.3) is 22.3 Å². The number of likely N-dealkylation sites (N-methyl/N-ethyl adjacent to an activating group) is 2. The second-order valence-corrected chi connectivity index (χ2v) is 18.1. The number of likely N-dealkylation sites (tertiary alicyclic amines) is 2. The number of halogens is 2. The molecular weight excluding hydrogens is 958 g/mol. The number of rotatable bonds is 17. The third-order valence-electron chi connectivity index (χ3n) is 14.0. The van der Waals surface area contributed by atoms with Gasteiger partial charge in [-0.15, -0.1) is 24.8 Å².